The second-order valence-electron chi connectivity index (χ2n) is 11.5. The van der Waals surface area contributed by atoms with Crippen molar-refractivity contribution >= 4 is 60.0 Å². The van der Waals surface area contributed by atoms with Gasteiger partial charge in [0.1, 0.15) is 36.3 Å². The van der Waals surface area contributed by atoms with Gasteiger partial charge < -0.3 is 47.1 Å². The maximum absolute atomic E-state index is 13.9. The summed E-state index contributed by atoms with van der Waals surface area (Å²) in [5.74, 6) is -8.07. The maximum Gasteiger partial charge on any atom is 0.329 e. The Morgan fingerprint density at radius 3 is 2.31 bits per heavy atom. The lowest BCUT2D eigenvalue weighted by Crippen LogP contribution is -2.63. The minimum absolute atomic E-state index is 0.115. The van der Waals surface area contributed by atoms with Gasteiger partial charge in [-0.1, -0.05) is 13.8 Å². The molecule has 7 atom stereocenters. The molecule has 0 aromatic heterocycles. The lowest BCUT2D eigenvalue weighted by molar-refractivity contribution is -0.160. The summed E-state index contributed by atoms with van der Waals surface area (Å²) in [6.45, 7) is 4.72. The summed E-state index contributed by atoms with van der Waals surface area (Å²) in [7, 11) is 1.22. The third-order valence-electron chi connectivity index (χ3n) is 7.70. The number of aliphatic carboxylic acids is 1. The molecule has 252 valence electrons. The van der Waals surface area contributed by atoms with E-state index in [1.807, 2.05) is 0 Å². The quantitative estimate of drug-likeness (QED) is 0.0962. The van der Waals surface area contributed by atoms with Crippen LogP contribution in [0.5, 0.6) is 0 Å². The molecule has 2 saturated heterocycles. The van der Waals surface area contributed by atoms with Crippen LogP contribution in [0.25, 0.3) is 0 Å². The number of nitrogens with zero attached hydrogens (tertiary/aromatic N) is 2. The minimum atomic E-state index is -1.71. The Labute approximate surface area is 265 Å². The van der Waals surface area contributed by atoms with Gasteiger partial charge in [0.15, 0.2) is 0 Å². The van der Waals surface area contributed by atoms with E-state index in [1.54, 1.807) is 13.8 Å². The standard InChI is InChI=1S/C27H43N7O10S/c1-12(2)20-26(42)34-9-5-6-17(34)24(40)30-15(10-19(36)37)27(43)44-13(3)21(32-22(38)14(28)11-45)25(41)33(4)16(23(39)31-20)7-8-18(29)35/h12-17,20-21,45H,5-11,28H2,1-4H3,(H2,29,35)(H,30,40)(H,31,39)(H,32,38)(H,36,37)/t13-,14-,15+,16+,17+,20-,21?/m1/s1. The van der Waals surface area contributed by atoms with E-state index in [0.717, 1.165) is 4.90 Å². The van der Waals surface area contributed by atoms with Crippen LogP contribution < -0.4 is 27.4 Å². The van der Waals surface area contributed by atoms with Crippen LogP contribution in [0.1, 0.15) is 52.9 Å². The van der Waals surface area contributed by atoms with Crippen molar-refractivity contribution in [3.8, 4) is 0 Å². The molecule has 0 saturated carbocycles. The number of ether oxygens (including phenoxy) is 1. The van der Waals surface area contributed by atoms with Crippen LogP contribution in [-0.2, 0) is 43.1 Å². The van der Waals surface area contributed by atoms with E-state index in [9.17, 15) is 43.5 Å². The number of carbonyl (C=O) groups is 8. The summed E-state index contributed by atoms with van der Waals surface area (Å²) in [5, 5.41) is 16.8. The van der Waals surface area contributed by atoms with Gasteiger partial charge in [0.2, 0.25) is 35.4 Å². The van der Waals surface area contributed by atoms with Crippen LogP contribution in [0.4, 0.5) is 0 Å². The number of amides is 6. The number of likely N-dealkylation sites (N-methyl/N-ethyl adjacent to an activating group) is 1. The summed E-state index contributed by atoms with van der Waals surface area (Å²) >= 11 is 3.98. The normalized spacial score (nSPS) is 27.8. The Balaban J connectivity index is 2.67. The van der Waals surface area contributed by atoms with E-state index in [1.165, 1.54) is 18.9 Å². The van der Waals surface area contributed by atoms with Gasteiger partial charge in [-0.15, -0.1) is 0 Å². The van der Waals surface area contributed by atoms with Crippen molar-refractivity contribution in [2.45, 2.75) is 95.2 Å². The summed E-state index contributed by atoms with van der Waals surface area (Å²) in [4.78, 5) is 106. The third kappa shape index (κ3) is 9.78. The SMILES string of the molecule is CC(C)[C@H]1NC(=O)[C@H](CCC(N)=O)N(C)C(=O)C(NC(=O)[C@H](N)CS)[C@@H](C)OC(=O)[C@H](CC(=O)O)NC(=O)[C@@H]2CCCN2C1=O. The molecule has 2 rings (SSSR count). The molecule has 2 aliphatic rings. The molecule has 0 aromatic rings. The Kier molecular flexibility index (Phi) is 13.6. The van der Waals surface area contributed by atoms with Crippen molar-refractivity contribution in [3.05, 3.63) is 0 Å². The van der Waals surface area contributed by atoms with E-state index < -0.39 is 102 Å². The predicted molar refractivity (Wildman–Crippen MR) is 160 cm³/mol. The van der Waals surface area contributed by atoms with E-state index in [2.05, 4.69) is 28.6 Å². The first kappa shape index (κ1) is 37.3. The molecule has 6 amide bonds. The number of nitrogens with one attached hydrogen (secondary N) is 3. The Morgan fingerprint density at radius 1 is 1.11 bits per heavy atom. The predicted octanol–water partition coefficient (Wildman–Crippen LogP) is -3.14. The highest BCUT2D eigenvalue weighted by atomic mass is 32.1. The Morgan fingerprint density at radius 2 is 1.76 bits per heavy atom. The van der Waals surface area contributed by atoms with E-state index in [0.29, 0.717) is 6.42 Å². The molecule has 0 aliphatic carbocycles. The van der Waals surface area contributed by atoms with Crippen molar-refractivity contribution in [3.63, 3.8) is 0 Å². The first-order valence-electron chi connectivity index (χ1n) is 14.5. The van der Waals surface area contributed by atoms with Crippen molar-refractivity contribution in [2.75, 3.05) is 19.3 Å². The number of cyclic esters (lactones) is 1. The molecular weight excluding hydrogens is 614 g/mol. The fraction of sp³-hybridized carbons (Fsp3) is 0.704. The number of primary amides is 1. The average molecular weight is 658 g/mol. The first-order valence-corrected chi connectivity index (χ1v) is 15.2. The van der Waals surface area contributed by atoms with Crippen LogP contribution in [0, 0.1) is 5.92 Å². The summed E-state index contributed by atoms with van der Waals surface area (Å²) < 4.78 is 5.41. The largest absolute Gasteiger partial charge is 0.481 e. The van der Waals surface area contributed by atoms with Gasteiger partial charge in [0.25, 0.3) is 0 Å². The van der Waals surface area contributed by atoms with Crippen LogP contribution in [-0.4, -0.2) is 124 Å². The zero-order valence-electron chi connectivity index (χ0n) is 25.7. The van der Waals surface area contributed by atoms with Crippen LogP contribution in [0.2, 0.25) is 0 Å². The highest BCUT2D eigenvalue weighted by molar-refractivity contribution is 7.80. The van der Waals surface area contributed by atoms with Gasteiger partial charge in [0.05, 0.1) is 12.5 Å². The van der Waals surface area contributed by atoms with Gasteiger partial charge >= 0.3 is 11.9 Å². The van der Waals surface area contributed by atoms with Crippen molar-refractivity contribution in [2.24, 2.45) is 17.4 Å². The number of carbonyl (C=O) groups excluding carboxylic acids is 7. The van der Waals surface area contributed by atoms with Gasteiger partial charge in [0, 0.05) is 25.8 Å². The number of carboxylic acids is 1. The lowest BCUT2D eigenvalue weighted by Gasteiger charge is -2.36. The number of hydrogen-bond acceptors (Lipinski definition) is 11. The number of carboxylic acid groups (broad SMARTS) is 1. The van der Waals surface area contributed by atoms with Gasteiger partial charge in [-0.2, -0.15) is 12.6 Å². The van der Waals surface area contributed by atoms with E-state index >= 15 is 0 Å². The molecule has 2 aliphatic heterocycles. The number of fused-ring (bicyclic) bond motifs is 1. The summed E-state index contributed by atoms with van der Waals surface area (Å²) in [6, 6.07) is -8.19. The summed E-state index contributed by atoms with van der Waals surface area (Å²) in [5.41, 5.74) is 11.1. The van der Waals surface area contributed by atoms with Crippen molar-refractivity contribution < 1.29 is 48.2 Å². The molecule has 1 unspecified atom stereocenters. The molecule has 17 nitrogen and oxygen atoms in total. The minimum Gasteiger partial charge on any atom is -0.481 e. The molecule has 2 fully saturated rings. The van der Waals surface area contributed by atoms with Crippen LogP contribution >= 0.6 is 12.6 Å². The van der Waals surface area contributed by atoms with Crippen molar-refractivity contribution in [1.29, 1.82) is 0 Å². The number of esters is 1. The second-order valence-corrected chi connectivity index (χ2v) is 11.8. The second kappa shape index (κ2) is 16.4. The fourth-order valence-corrected chi connectivity index (χ4v) is 5.26. The average Bonchev–Trinajstić information content (AvgIpc) is 3.46. The van der Waals surface area contributed by atoms with Gasteiger partial charge in [-0.05, 0) is 32.1 Å². The van der Waals surface area contributed by atoms with Gasteiger partial charge in [-0.25, -0.2) is 4.79 Å². The zero-order valence-corrected chi connectivity index (χ0v) is 26.6. The molecule has 2 heterocycles. The fourth-order valence-electron chi connectivity index (χ4n) is 5.09. The van der Waals surface area contributed by atoms with Gasteiger partial charge in [-0.3, -0.25) is 33.6 Å². The zero-order chi connectivity index (χ0) is 34.2. The molecule has 0 spiro atoms. The Bertz CT molecular complexity index is 1180. The highest BCUT2D eigenvalue weighted by Gasteiger charge is 2.43. The smallest absolute Gasteiger partial charge is 0.329 e. The molecule has 0 aromatic carbocycles. The number of hydrogen-bond donors (Lipinski definition) is 7. The van der Waals surface area contributed by atoms with E-state index in [4.69, 9.17) is 16.2 Å². The number of rotatable bonds is 9. The van der Waals surface area contributed by atoms with E-state index in [-0.39, 0.29) is 31.6 Å². The monoisotopic (exact) mass is 657 g/mol. The van der Waals surface area contributed by atoms with Crippen LogP contribution in [0.3, 0.4) is 0 Å². The maximum atomic E-state index is 13.9. The third-order valence-corrected chi connectivity index (χ3v) is 8.09. The topological polar surface area (TPSA) is 261 Å². The molecular formula is C27H43N7O10S. The van der Waals surface area contributed by atoms with Crippen LogP contribution in [0.15, 0.2) is 0 Å². The highest BCUT2D eigenvalue weighted by Crippen LogP contribution is 2.22. The molecule has 8 N–H and O–H groups in total. The summed E-state index contributed by atoms with van der Waals surface area (Å²) in [6.07, 6.45) is -2.32. The Hall–Kier alpha value is -3.93. The molecule has 0 radical (unpaired) electrons. The first-order chi connectivity index (χ1) is 21.0. The number of thiol groups is 1. The van der Waals surface area contributed by atoms with Crippen molar-refractivity contribution in [1.82, 2.24) is 25.8 Å². The molecule has 45 heavy (non-hydrogen) atoms. The number of nitrogens with two attached hydrogens (primary N) is 2. The lowest BCUT2D eigenvalue weighted by atomic mass is 9.99. The molecule has 0 bridgehead atoms. The molecule has 18 heteroatoms.